The maximum absolute atomic E-state index is 12.2. The van der Waals surface area contributed by atoms with Crippen LogP contribution in [0.2, 0.25) is 0 Å². The molecule has 10 heterocycles. The second-order valence-corrected chi connectivity index (χ2v) is 39.6. The Morgan fingerprint density at radius 1 is 0.432 bits per heavy atom. The van der Waals surface area contributed by atoms with Crippen LogP contribution in [0, 0.1) is 0 Å². The van der Waals surface area contributed by atoms with Crippen molar-refractivity contribution in [2.24, 2.45) is 0 Å². The van der Waals surface area contributed by atoms with Crippen LogP contribution in [0.3, 0.4) is 0 Å². The first kappa shape index (κ1) is 113. The van der Waals surface area contributed by atoms with Crippen molar-refractivity contribution in [3.05, 3.63) is 23.4 Å². The predicted molar refractivity (Wildman–Crippen MR) is 473 cm³/mol. The number of piperazine rings is 5. The summed E-state index contributed by atoms with van der Waals surface area (Å²) in [5.41, 5.74) is -5.92. The molecule has 125 heavy (non-hydrogen) atoms. The van der Waals surface area contributed by atoms with Gasteiger partial charge in [-0.15, -0.1) is 12.4 Å². The summed E-state index contributed by atoms with van der Waals surface area (Å²) in [5.74, 6) is -1.59. The molecule has 0 aromatic heterocycles. The van der Waals surface area contributed by atoms with Crippen LogP contribution in [-0.4, -0.2) is 379 Å². The summed E-state index contributed by atoms with van der Waals surface area (Å²) in [7, 11) is 8.51. The van der Waals surface area contributed by atoms with E-state index in [4.69, 9.17) is 46.9 Å². The number of allylic oxidation sites excluding steroid dienone is 2. The molecule has 10 saturated heterocycles. The van der Waals surface area contributed by atoms with Crippen molar-refractivity contribution >= 4 is 81.2 Å². The molecule has 10 aliphatic heterocycles. The van der Waals surface area contributed by atoms with Gasteiger partial charge in [-0.05, 0) is 188 Å². The molecule has 31 nitrogen and oxygen atoms in total. The summed E-state index contributed by atoms with van der Waals surface area (Å²) < 4.78 is 125. The molecule has 0 bridgehead atoms. The van der Waals surface area contributed by atoms with Crippen LogP contribution >= 0.6 is 12.4 Å². The fraction of sp³-hybridized carbons (Fsp3) is 0.893. The number of hydrogen-bond acceptors (Lipinski definition) is 31. The number of alkyl halides is 3. The summed E-state index contributed by atoms with van der Waals surface area (Å²) in [5, 5.41) is 3.27. The average Bonchev–Trinajstić information content (AvgIpc) is 1.61. The van der Waals surface area contributed by atoms with E-state index < -0.39 is 47.6 Å². The molecule has 2 unspecified atom stereocenters. The van der Waals surface area contributed by atoms with E-state index in [1.165, 1.54) is 129 Å². The normalized spacial score (nSPS) is 27.2. The van der Waals surface area contributed by atoms with Gasteiger partial charge in [-0.25, -0.2) is 19.4 Å². The molecular formula is C84H152B4ClF3N10NaO21S. The number of halogens is 4. The number of ketones is 2. The Morgan fingerprint density at radius 2 is 0.728 bits per heavy atom. The van der Waals surface area contributed by atoms with Crippen LogP contribution in [0.4, 0.5) is 13.2 Å². The minimum absolute atomic E-state index is 0. The van der Waals surface area contributed by atoms with Gasteiger partial charge in [0, 0.05) is 234 Å². The van der Waals surface area contributed by atoms with Gasteiger partial charge in [-0.2, -0.15) is 21.6 Å². The largest absolute Gasteiger partial charge is 1.00 e. The Labute approximate surface area is 776 Å². The van der Waals surface area contributed by atoms with Gasteiger partial charge in [0.2, 0.25) is 5.97 Å². The molecule has 711 valence electrons. The topological polar surface area (TPSA) is 290 Å². The molecule has 1 N–H and O–H groups in total. The molecule has 3 radical (unpaired) electrons. The number of nitrogens with zero attached hydrogens (tertiary/aromatic N) is 9. The molecule has 13 fully saturated rings. The van der Waals surface area contributed by atoms with Crippen molar-refractivity contribution < 1.29 is 141 Å². The number of carbonyl (C=O) groups is 5. The van der Waals surface area contributed by atoms with Crippen LogP contribution in [0.5, 0.6) is 0 Å². The molecule has 0 aromatic carbocycles. The molecule has 15 rings (SSSR count). The van der Waals surface area contributed by atoms with Crippen LogP contribution in [0.1, 0.15) is 219 Å². The maximum Gasteiger partial charge on any atom is 1.00 e. The number of carbonyl (C=O) groups excluding carboxylic acids is 5. The summed E-state index contributed by atoms with van der Waals surface area (Å²) in [4.78, 5) is 80.8. The Hall–Kier alpha value is -2.48. The molecule has 5 aliphatic carbocycles. The smallest absolute Gasteiger partial charge is 0.793 e. The van der Waals surface area contributed by atoms with Crippen molar-refractivity contribution in [3.8, 4) is 0 Å². The second-order valence-electron chi connectivity index (χ2n) is 38.1. The maximum atomic E-state index is 12.2. The fourth-order valence-electron chi connectivity index (χ4n) is 16.6. The fourth-order valence-corrected chi connectivity index (χ4v) is 17.1. The second kappa shape index (κ2) is 51.3. The van der Waals surface area contributed by atoms with Crippen molar-refractivity contribution in [2.75, 3.05) is 193 Å². The van der Waals surface area contributed by atoms with Crippen LogP contribution < -0.4 is 34.9 Å². The summed E-state index contributed by atoms with van der Waals surface area (Å²) in [6.45, 7) is 54.2. The number of ether oxygens (including phenoxy) is 4. The number of Topliss-reactive ketones (excluding diaryl/α,β-unsaturated/α-hetero) is 2. The Morgan fingerprint density at radius 3 is 1.02 bits per heavy atom. The molecule has 2 atom stereocenters. The molecule has 0 amide bonds. The molecule has 3 saturated carbocycles. The van der Waals surface area contributed by atoms with E-state index in [9.17, 15) is 45.6 Å². The number of hydrogen-bond donors (Lipinski definition) is 1. The van der Waals surface area contributed by atoms with E-state index in [2.05, 4.69) is 138 Å². The van der Waals surface area contributed by atoms with Gasteiger partial charge in [-0.3, -0.25) is 34.0 Å². The summed E-state index contributed by atoms with van der Waals surface area (Å²) in [6, 6.07) is 2.42. The summed E-state index contributed by atoms with van der Waals surface area (Å²) in [6.07, 6.45) is 19.9. The van der Waals surface area contributed by atoms with Gasteiger partial charge < -0.3 is 93.6 Å². The minimum atomic E-state index is -5.54. The first-order valence-corrected chi connectivity index (χ1v) is 46.3. The number of likely N-dealkylation sites (N-methyl/N-ethyl adjacent to an activating group) is 5. The van der Waals surface area contributed by atoms with Crippen molar-refractivity contribution in [1.82, 2.24) is 49.4 Å². The van der Waals surface area contributed by atoms with Crippen LogP contribution in [-0.2, 0) is 99.6 Å². The van der Waals surface area contributed by atoms with Gasteiger partial charge in [0.05, 0.1) is 60.0 Å². The van der Waals surface area contributed by atoms with Gasteiger partial charge in [0.1, 0.15) is 17.3 Å². The van der Waals surface area contributed by atoms with E-state index in [1.807, 2.05) is 62.4 Å². The van der Waals surface area contributed by atoms with Crippen molar-refractivity contribution in [3.63, 3.8) is 0 Å². The first-order valence-electron chi connectivity index (χ1n) is 44.9. The standard InChI is InChI=1S/C17H31BN2O2.C13H24N2O2.C12H24B2O4.C12H19F3N2O3S.C11H20N2O.C8H12O3.C5H12N2.C4H6O4.C2H3BO2.ClH.Na/c1-16(2)17(3,4)22-18(21-16)14-6-8-15(9-7-14)20-12-10-19(5)11-13-20;1-14-6-8-15(9-7-14)12-2-4-13(5-3-12)16-10-11-17-13;1-9(2)10(3,4)16-13(15-9)14-17-11(5,6)12(7,8)18-14;1-16-6-8-17(9-7-16)10-2-4-11(5-3-10)20-21(18,19)12(13,14)15;1-12-6-8-13(9-7-12)10-2-4-11(14)5-3-10;9-7-1-3-8(4-2-7)10-5-6-11-8;1-7-4-2-6-3-5-7;1-3(5)7-8-4(2)6;1-2(4)5-3;;/h6,15H,7-13H2,1-5H3;12H,2-11H2,1H3;1-8H3;4,10H,2-3,5-9H2,1H3;10H,2-9H2,1H3;1-6H2;6H,2-5H2,1H3;1-2H3;1H3;1H;/q;;;;;;;;-1;;+1. The number of rotatable bonds is 8. The molecular weight excluding hydrogens is 1680 g/mol. The van der Waals surface area contributed by atoms with Crippen molar-refractivity contribution in [1.29, 1.82) is 0 Å². The predicted octanol–water partition coefficient (Wildman–Crippen LogP) is 5.28. The zero-order valence-corrected chi connectivity index (χ0v) is 83.2. The first-order chi connectivity index (χ1) is 57.5. The quantitative estimate of drug-likeness (QED) is 0.106. The van der Waals surface area contributed by atoms with Gasteiger partial charge in [0.25, 0.3) is 0 Å². The third-order valence-electron chi connectivity index (χ3n) is 27.0. The van der Waals surface area contributed by atoms with Crippen LogP contribution in [0.25, 0.3) is 0 Å². The Kier molecular flexibility index (Phi) is 46.4. The molecule has 0 aromatic rings. The SMILES string of the molecule is CC(=O)OOC(C)=O.CC1(C)OB(B2OC(C)(C)C(C)(C)O2)OC1(C)C.CN1CCN(C2CC=C(B3OC(C)(C)C(C)(C)O3)CC2)CC1.CN1CCN(C2CC=C(OS(=O)(=O)C(F)(F)F)CC2)CC1.CN1CCN(C2CCC(=O)CC2)CC1.CN1CCN(C2CCC3(CC2)OCCO3)CC1.CN1CCNCC1.Cl.O=C1CCC2(CC1)OCCO2.[B-]OC(C)=O.[Na+]. The van der Waals surface area contributed by atoms with Gasteiger partial charge in [-0.1, -0.05) is 6.08 Å². The van der Waals surface area contributed by atoms with E-state index in [-0.39, 0.29) is 112 Å². The van der Waals surface area contributed by atoms with E-state index in [1.54, 1.807) is 0 Å². The van der Waals surface area contributed by atoms with Crippen LogP contribution in [0.15, 0.2) is 23.4 Å². The molecule has 41 heteroatoms. The minimum Gasteiger partial charge on any atom is -0.793 e. The zero-order valence-electron chi connectivity index (χ0n) is 79.5. The van der Waals surface area contributed by atoms with Gasteiger partial charge in [0.15, 0.2) is 11.6 Å². The zero-order chi connectivity index (χ0) is 91.0. The monoisotopic (exact) mass is 1830 g/mol. The molecule has 15 aliphatic rings. The third-order valence-corrected chi connectivity index (χ3v) is 28.0. The summed E-state index contributed by atoms with van der Waals surface area (Å²) >= 11 is 0. The van der Waals surface area contributed by atoms with E-state index >= 15 is 0 Å². The van der Waals surface area contributed by atoms with E-state index in [0.717, 1.165) is 137 Å². The van der Waals surface area contributed by atoms with Gasteiger partial charge >= 0.3 is 78.3 Å². The Bertz CT molecular complexity index is 3350. The Balaban J connectivity index is 0.000000256. The van der Waals surface area contributed by atoms with Crippen molar-refractivity contribution in [2.45, 2.75) is 294 Å². The number of nitrogens with one attached hydrogen (secondary N) is 1. The average molecular weight is 1830 g/mol. The third kappa shape index (κ3) is 36.0. The molecule has 2 spiro atoms. The van der Waals surface area contributed by atoms with E-state index in [0.29, 0.717) is 62.5 Å².